The molecule has 0 saturated carbocycles. The molecule has 0 radical (unpaired) electrons. The van der Waals surface area contributed by atoms with Gasteiger partial charge in [-0.3, -0.25) is 0 Å². The monoisotopic (exact) mass is 209 g/mol. The van der Waals surface area contributed by atoms with E-state index in [4.69, 9.17) is 10.5 Å². The fourth-order valence-electron chi connectivity index (χ4n) is 0.895. The molecule has 13 heavy (non-hydrogen) atoms. The Kier molecular flexibility index (Phi) is 5.51. The first kappa shape index (κ1) is 12.9. The molecule has 0 fully saturated rings. The van der Waals surface area contributed by atoms with E-state index < -0.39 is 9.84 Å². The van der Waals surface area contributed by atoms with Crippen LogP contribution in [0.2, 0.25) is 0 Å². The van der Waals surface area contributed by atoms with Crippen LogP contribution in [0.5, 0.6) is 0 Å². The molecule has 80 valence electrons. The molecule has 0 amide bonds. The van der Waals surface area contributed by atoms with E-state index in [9.17, 15) is 8.42 Å². The lowest BCUT2D eigenvalue weighted by Gasteiger charge is -2.09. The van der Waals surface area contributed by atoms with Gasteiger partial charge in [0.15, 0.2) is 9.84 Å². The standard InChI is InChI=1S/C8H19NO3S/c1-7(2)12-4-5-13(10,11)6-8(3)9/h7-8H,4-6,9H2,1-3H3. The minimum Gasteiger partial charge on any atom is -0.378 e. The topological polar surface area (TPSA) is 69.4 Å². The molecule has 0 aromatic rings. The van der Waals surface area contributed by atoms with Gasteiger partial charge in [-0.2, -0.15) is 0 Å². The van der Waals surface area contributed by atoms with Crippen LogP contribution in [0.1, 0.15) is 20.8 Å². The zero-order valence-electron chi connectivity index (χ0n) is 8.49. The average molecular weight is 209 g/mol. The van der Waals surface area contributed by atoms with Gasteiger partial charge in [-0.25, -0.2) is 8.42 Å². The highest BCUT2D eigenvalue weighted by Crippen LogP contribution is 1.95. The Morgan fingerprint density at radius 2 is 1.85 bits per heavy atom. The SMILES string of the molecule is CC(N)CS(=O)(=O)CCOC(C)C. The van der Waals surface area contributed by atoms with Crippen molar-refractivity contribution in [2.45, 2.75) is 32.9 Å². The Balaban J connectivity index is 3.77. The second-order valence-electron chi connectivity index (χ2n) is 3.51. The lowest BCUT2D eigenvalue weighted by molar-refractivity contribution is 0.0912. The lowest BCUT2D eigenvalue weighted by atomic mass is 10.4. The summed E-state index contributed by atoms with van der Waals surface area (Å²) in [6, 6.07) is -0.302. The highest BCUT2D eigenvalue weighted by molar-refractivity contribution is 7.91. The summed E-state index contributed by atoms with van der Waals surface area (Å²) in [5, 5.41) is 0. The second-order valence-corrected chi connectivity index (χ2v) is 5.74. The number of nitrogens with two attached hydrogens (primary N) is 1. The van der Waals surface area contributed by atoms with E-state index >= 15 is 0 Å². The summed E-state index contributed by atoms with van der Waals surface area (Å²) in [4.78, 5) is 0. The van der Waals surface area contributed by atoms with Crippen molar-refractivity contribution in [3.05, 3.63) is 0 Å². The van der Waals surface area contributed by atoms with Crippen molar-refractivity contribution >= 4 is 9.84 Å². The largest absolute Gasteiger partial charge is 0.378 e. The third kappa shape index (κ3) is 8.21. The van der Waals surface area contributed by atoms with E-state index in [0.29, 0.717) is 0 Å². The Hall–Kier alpha value is -0.130. The first-order valence-electron chi connectivity index (χ1n) is 4.41. The summed E-state index contributed by atoms with van der Waals surface area (Å²) in [5.41, 5.74) is 5.39. The molecule has 0 aliphatic carbocycles. The quantitative estimate of drug-likeness (QED) is 0.677. The van der Waals surface area contributed by atoms with E-state index in [0.717, 1.165) is 0 Å². The van der Waals surface area contributed by atoms with Crippen LogP contribution in [-0.2, 0) is 14.6 Å². The summed E-state index contributed by atoms with van der Waals surface area (Å²) in [7, 11) is -3.03. The summed E-state index contributed by atoms with van der Waals surface area (Å²) in [5.74, 6) is 0.0984. The van der Waals surface area contributed by atoms with Crippen molar-refractivity contribution in [3.63, 3.8) is 0 Å². The molecule has 0 aromatic carbocycles. The van der Waals surface area contributed by atoms with Gasteiger partial charge in [0.2, 0.25) is 0 Å². The van der Waals surface area contributed by atoms with Crippen LogP contribution in [-0.4, -0.2) is 38.7 Å². The number of ether oxygens (including phenoxy) is 1. The maximum Gasteiger partial charge on any atom is 0.154 e. The van der Waals surface area contributed by atoms with Crippen molar-refractivity contribution < 1.29 is 13.2 Å². The summed E-state index contributed by atoms with van der Waals surface area (Å²) >= 11 is 0. The average Bonchev–Trinajstić information content (AvgIpc) is 1.81. The minimum atomic E-state index is -3.03. The fourth-order valence-corrected chi connectivity index (χ4v) is 2.21. The van der Waals surface area contributed by atoms with Crippen molar-refractivity contribution in [1.29, 1.82) is 0 Å². The molecule has 0 rings (SSSR count). The lowest BCUT2D eigenvalue weighted by Crippen LogP contribution is -2.29. The van der Waals surface area contributed by atoms with Gasteiger partial charge in [0, 0.05) is 6.04 Å². The Bertz CT molecular complexity index is 222. The van der Waals surface area contributed by atoms with Crippen molar-refractivity contribution in [3.8, 4) is 0 Å². The van der Waals surface area contributed by atoms with Gasteiger partial charge in [-0.05, 0) is 20.8 Å². The van der Waals surface area contributed by atoms with Crippen LogP contribution >= 0.6 is 0 Å². The molecule has 0 aliphatic rings. The van der Waals surface area contributed by atoms with Crippen molar-refractivity contribution in [2.75, 3.05) is 18.1 Å². The molecule has 4 nitrogen and oxygen atoms in total. The van der Waals surface area contributed by atoms with Gasteiger partial charge in [-0.15, -0.1) is 0 Å². The van der Waals surface area contributed by atoms with Crippen LogP contribution in [0.25, 0.3) is 0 Å². The molecular weight excluding hydrogens is 190 g/mol. The van der Waals surface area contributed by atoms with Gasteiger partial charge >= 0.3 is 0 Å². The molecule has 0 spiro atoms. The van der Waals surface area contributed by atoms with E-state index in [-0.39, 0.29) is 30.3 Å². The number of hydrogen-bond acceptors (Lipinski definition) is 4. The van der Waals surface area contributed by atoms with E-state index in [2.05, 4.69) is 0 Å². The molecule has 2 N–H and O–H groups in total. The Morgan fingerprint density at radius 3 is 2.23 bits per heavy atom. The molecule has 0 bridgehead atoms. The predicted octanol–water partition coefficient (Wildman–Crippen LogP) is 0.173. The van der Waals surface area contributed by atoms with E-state index in [1.807, 2.05) is 13.8 Å². The van der Waals surface area contributed by atoms with Crippen LogP contribution in [0.15, 0.2) is 0 Å². The van der Waals surface area contributed by atoms with Gasteiger partial charge in [0.05, 0.1) is 24.2 Å². The first-order chi connectivity index (χ1) is 5.83. The number of hydrogen-bond donors (Lipinski definition) is 1. The molecular formula is C8H19NO3S. The van der Waals surface area contributed by atoms with Crippen LogP contribution < -0.4 is 5.73 Å². The summed E-state index contributed by atoms with van der Waals surface area (Å²) < 4.78 is 27.7. The molecule has 0 aromatic heterocycles. The maximum absolute atomic E-state index is 11.3. The molecule has 1 atom stereocenters. The highest BCUT2D eigenvalue weighted by atomic mass is 32.2. The first-order valence-corrected chi connectivity index (χ1v) is 6.23. The molecule has 0 saturated heterocycles. The van der Waals surface area contributed by atoms with Crippen molar-refractivity contribution in [1.82, 2.24) is 0 Å². The molecule has 0 heterocycles. The van der Waals surface area contributed by atoms with Crippen LogP contribution in [0, 0.1) is 0 Å². The number of rotatable bonds is 6. The van der Waals surface area contributed by atoms with Gasteiger partial charge < -0.3 is 10.5 Å². The summed E-state index contributed by atoms with van der Waals surface area (Å²) in [6.45, 7) is 5.68. The normalized spacial score (nSPS) is 14.8. The number of sulfone groups is 1. The molecule has 1 unspecified atom stereocenters. The predicted molar refractivity (Wildman–Crippen MR) is 53.4 cm³/mol. The van der Waals surface area contributed by atoms with Gasteiger partial charge in [0.1, 0.15) is 0 Å². The van der Waals surface area contributed by atoms with Crippen LogP contribution in [0.4, 0.5) is 0 Å². The van der Waals surface area contributed by atoms with Crippen LogP contribution in [0.3, 0.4) is 0 Å². The Labute approximate surface area is 80.4 Å². The minimum absolute atomic E-state index is 0.0362. The highest BCUT2D eigenvalue weighted by Gasteiger charge is 2.13. The molecule has 0 aliphatic heterocycles. The van der Waals surface area contributed by atoms with Gasteiger partial charge in [0.25, 0.3) is 0 Å². The van der Waals surface area contributed by atoms with Crippen molar-refractivity contribution in [2.24, 2.45) is 5.73 Å². The van der Waals surface area contributed by atoms with E-state index in [1.54, 1.807) is 6.92 Å². The second kappa shape index (κ2) is 5.57. The Morgan fingerprint density at radius 1 is 1.31 bits per heavy atom. The van der Waals surface area contributed by atoms with Gasteiger partial charge in [-0.1, -0.05) is 0 Å². The van der Waals surface area contributed by atoms with E-state index in [1.165, 1.54) is 0 Å². The fraction of sp³-hybridized carbons (Fsp3) is 1.00. The zero-order chi connectivity index (χ0) is 10.5. The summed E-state index contributed by atoms with van der Waals surface area (Å²) in [6.07, 6.45) is 0.0745. The third-order valence-corrected chi connectivity index (χ3v) is 3.18. The molecule has 5 heteroatoms. The zero-order valence-corrected chi connectivity index (χ0v) is 9.30. The smallest absolute Gasteiger partial charge is 0.154 e. The third-order valence-electron chi connectivity index (χ3n) is 1.36. The maximum atomic E-state index is 11.3.